The maximum Gasteiger partial charge on any atom is 0.115 e. The third-order valence-corrected chi connectivity index (χ3v) is 6.42. The fourth-order valence-electron chi connectivity index (χ4n) is 5.08. The molecule has 4 atom stereocenters. The Morgan fingerprint density at radius 2 is 2.14 bits per heavy atom. The smallest absolute Gasteiger partial charge is 0.115 e. The number of aryl methyl sites for hydroxylation is 1. The average molecular weight is 286 g/mol. The Kier molecular flexibility index (Phi) is 3.25. The van der Waals surface area contributed by atoms with Crippen LogP contribution < -0.4 is 0 Å². The van der Waals surface area contributed by atoms with Gasteiger partial charge in [-0.25, -0.2) is 0 Å². The van der Waals surface area contributed by atoms with E-state index in [9.17, 15) is 5.11 Å². The second-order valence-electron chi connectivity index (χ2n) is 7.68. The van der Waals surface area contributed by atoms with E-state index in [1.807, 2.05) is 12.1 Å². The minimum absolute atomic E-state index is 0.420. The third-order valence-electron chi connectivity index (χ3n) is 6.42. The van der Waals surface area contributed by atoms with E-state index in [2.05, 4.69) is 13.0 Å². The second-order valence-corrected chi connectivity index (χ2v) is 7.68. The summed E-state index contributed by atoms with van der Waals surface area (Å²) in [7, 11) is 0. The van der Waals surface area contributed by atoms with Crippen molar-refractivity contribution in [1.29, 1.82) is 0 Å². The highest BCUT2D eigenvalue weighted by Gasteiger charge is 2.45. The molecule has 0 bridgehead atoms. The average Bonchev–Trinajstić information content (AvgIpc) is 3.00. The van der Waals surface area contributed by atoms with Crippen LogP contribution in [0.2, 0.25) is 0 Å². The standard InChI is InChI=1S/C19H26O2/c1-19-8-6-13-11-15(20)4-5-16(13)17(19)12-14(7-9-19)18-3-2-10-21-18/h4-5,11,14,17-18,20H,2-3,6-10,12H2,1H3. The van der Waals surface area contributed by atoms with Crippen molar-refractivity contribution in [1.82, 2.24) is 0 Å². The Morgan fingerprint density at radius 1 is 1.24 bits per heavy atom. The summed E-state index contributed by atoms with van der Waals surface area (Å²) in [6.45, 7) is 3.45. The molecule has 0 amide bonds. The van der Waals surface area contributed by atoms with Crippen LogP contribution in [0.4, 0.5) is 0 Å². The summed E-state index contributed by atoms with van der Waals surface area (Å²) in [4.78, 5) is 0. The van der Waals surface area contributed by atoms with Crippen molar-refractivity contribution in [3.63, 3.8) is 0 Å². The van der Waals surface area contributed by atoms with Crippen molar-refractivity contribution < 1.29 is 9.84 Å². The monoisotopic (exact) mass is 286 g/mol. The number of fused-ring (bicyclic) bond motifs is 3. The van der Waals surface area contributed by atoms with Crippen molar-refractivity contribution in [2.75, 3.05) is 6.61 Å². The Morgan fingerprint density at radius 3 is 2.95 bits per heavy atom. The van der Waals surface area contributed by atoms with Crippen molar-refractivity contribution in [2.45, 2.75) is 63.9 Å². The molecule has 0 aromatic heterocycles. The van der Waals surface area contributed by atoms with Gasteiger partial charge in [-0.2, -0.15) is 0 Å². The number of hydrogen-bond donors (Lipinski definition) is 1. The Hall–Kier alpha value is -1.02. The molecule has 0 spiro atoms. The van der Waals surface area contributed by atoms with Crippen molar-refractivity contribution >= 4 is 0 Å². The number of phenols is 1. The molecule has 1 heterocycles. The maximum absolute atomic E-state index is 9.75. The molecule has 2 aliphatic carbocycles. The van der Waals surface area contributed by atoms with E-state index >= 15 is 0 Å². The quantitative estimate of drug-likeness (QED) is 0.828. The van der Waals surface area contributed by atoms with Gasteiger partial charge in [-0.15, -0.1) is 0 Å². The Balaban J connectivity index is 1.64. The van der Waals surface area contributed by atoms with Gasteiger partial charge in [0, 0.05) is 6.61 Å². The first kappa shape index (κ1) is 13.6. The van der Waals surface area contributed by atoms with Crippen LogP contribution in [0.5, 0.6) is 5.75 Å². The molecule has 2 nitrogen and oxygen atoms in total. The van der Waals surface area contributed by atoms with Crippen LogP contribution in [0, 0.1) is 11.3 Å². The van der Waals surface area contributed by atoms with Crippen LogP contribution in [0.1, 0.15) is 62.5 Å². The van der Waals surface area contributed by atoms with E-state index < -0.39 is 0 Å². The highest BCUT2D eigenvalue weighted by molar-refractivity contribution is 5.40. The van der Waals surface area contributed by atoms with E-state index in [0.29, 0.717) is 23.2 Å². The molecule has 4 unspecified atom stereocenters. The van der Waals surface area contributed by atoms with Crippen molar-refractivity contribution in [2.24, 2.45) is 11.3 Å². The highest BCUT2D eigenvalue weighted by atomic mass is 16.5. The molecular formula is C19H26O2. The van der Waals surface area contributed by atoms with Gasteiger partial charge in [0.2, 0.25) is 0 Å². The lowest BCUT2D eigenvalue weighted by molar-refractivity contribution is 0.0112. The molecular weight excluding hydrogens is 260 g/mol. The topological polar surface area (TPSA) is 29.5 Å². The van der Waals surface area contributed by atoms with Gasteiger partial charge < -0.3 is 9.84 Å². The van der Waals surface area contributed by atoms with Crippen LogP contribution in [-0.4, -0.2) is 17.8 Å². The lowest BCUT2D eigenvalue weighted by Gasteiger charge is -2.49. The molecule has 4 rings (SSSR count). The highest BCUT2D eigenvalue weighted by Crippen LogP contribution is 2.56. The van der Waals surface area contributed by atoms with Gasteiger partial charge >= 0.3 is 0 Å². The SMILES string of the molecule is CC12CCc3cc(O)ccc3C1CC(C1CCCO1)CC2. The molecule has 1 saturated heterocycles. The van der Waals surface area contributed by atoms with E-state index in [4.69, 9.17) is 4.74 Å². The summed E-state index contributed by atoms with van der Waals surface area (Å²) in [5.74, 6) is 1.82. The van der Waals surface area contributed by atoms with Gasteiger partial charge in [-0.3, -0.25) is 0 Å². The zero-order chi connectivity index (χ0) is 14.4. The zero-order valence-corrected chi connectivity index (χ0v) is 13.0. The summed E-state index contributed by atoms with van der Waals surface area (Å²) in [6.07, 6.45) is 9.36. The minimum Gasteiger partial charge on any atom is -0.508 e. The van der Waals surface area contributed by atoms with Crippen LogP contribution in [0.25, 0.3) is 0 Å². The first-order valence-corrected chi connectivity index (χ1v) is 8.59. The predicted molar refractivity (Wildman–Crippen MR) is 83.6 cm³/mol. The van der Waals surface area contributed by atoms with E-state index in [-0.39, 0.29) is 0 Å². The summed E-state index contributed by atoms with van der Waals surface area (Å²) in [5, 5.41) is 9.75. The molecule has 1 aromatic carbocycles. The molecule has 21 heavy (non-hydrogen) atoms. The van der Waals surface area contributed by atoms with Gasteiger partial charge in [-0.05, 0) is 85.5 Å². The maximum atomic E-state index is 9.75. The van der Waals surface area contributed by atoms with Crippen LogP contribution >= 0.6 is 0 Å². The fraction of sp³-hybridized carbons (Fsp3) is 0.684. The molecule has 1 N–H and O–H groups in total. The molecule has 3 aliphatic rings. The summed E-state index contributed by atoms with van der Waals surface area (Å²) in [5.41, 5.74) is 3.34. The first-order valence-electron chi connectivity index (χ1n) is 8.59. The Bertz CT molecular complexity index is 532. The van der Waals surface area contributed by atoms with E-state index in [0.717, 1.165) is 18.9 Å². The Labute approximate surface area is 127 Å². The zero-order valence-electron chi connectivity index (χ0n) is 13.0. The molecule has 1 saturated carbocycles. The van der Waals surface area contributed by atoms with E-state index in [1.54, 1.807) is 0 Å². The molecule has 2 heteroatoms. The molecule has 2 fully saturated rings. The lowest BCUT2D eigenvalue weighted by atomic mass is 9.56. The van der Waals surface area contributed by atoms with Gasteiger partial charge in [0.05, 0.1) is 6.10 Å². The summed E-state index contributed by atoms with van der Waals surface area (Å²) < 4.78 is 5.97. The van der Waals surface area contributed by atoms with Crippen LogP contribution in [-0.2, 0) is 11.2 Å². The molecule has 114 valence electrons. The predicted octanol–water partition coefficient (Wildman–Crippen LogP) is 4.41. The van der Waals surface area contributed by atoms with Gasteiger partial charge in [0.15, 0.2) is 0 Å². The number of ether oxygens (including phenoxy) is 1. The van der Waals surface area contributed by atoms with Gasteiger partial charge in [0.1, 0.15) is 5.75 Å². The van der Waals surface area contributed by atoms with Crippen molar-refractivity contribution in [3.8, 4) is 5.75 Å². The molecule has 0 radical (unpaired) electrons. The van der Waals surface area contributed by atoms with Crippen molar-refractivity contribution in [3.05, 3.63) is 29.3 Å². The molecule has 1 aromatic rings. The number of rotatable bonds is 1. The van der Waals surface area contributed by atoms with Crippen LogP contribution in [0.15, 0.2) is 18.2 Å². The largest absolute Gasteiger partial charge is 0.508 e. The number of aromatic hydroxyl groups is 1. The number of benzene rings is 1. The van der Waals surface area contributed by atoms with E-state index in [1.165, 1.54) is 49.7 Å². The minimum atomic E-state index is 0.420. The lowest BCUT2D eigenvalue weighted by Crippen LogP contribution is -2.39. The van der Waals surface area contributed by atoms with Gasteiger partial charge in [-0.1, -0.05) is 13.0 Å². The fourth-order valence-corrected chi connectivity index (χ4v) is 5.08. The first-order chi connectivity index (χ1) is 10.2. The third kappa shape index (κ3) is 2.28. The number of phenolic OH excluding ortho intramolecular Hbond substituents is 1. The van der Waals surface area contributed by atoms with Crippen LogP contribution in [0.3, 0.4) is 0 Å². The normalized spacial score (nSPS) is 38.8. The number of hydrogen-bond acceptors (Lipinski definition) is 2. The summed E-state index contributed by atoms with van der Waals surface area (Å²) in [6, 6.07) is 6.05. The summed E-state index contributed by atoms with van der Waals surface area (Å²) >= 11 is 0. The van der Waals surface area contributed by atoms with Gasteiger partial charge in [0.25, 0.3) is 0 Å². The molecule has 1 aliphatic heterocycles. The second kappa shape index (κ2) is 5.01.